The van der Waals surface area contributed by atoms with Crippen molar-refractivity contribution in [3.05, 3.63) is 163 Å². The van der Waals surface area contributed by atoms with Gasteiger partial charge in [0, 0.05) is 4.90 Å². The average Bonchev–Trinajstić information content (AvgIpc) is 3.08. The third-order valence-corrected chi connectivity index (χ3v) is 9.31. The quantitative estimate of drug-likeness (QED) is 0.198. The zero-order chi connectivity index (χ0) is 29.6. The first-order chi connectivity index (χ1) is 21.7. The molecule has 7 aromatic rings. The minimum absolute atomic E-state index is 0.991. The third-order valence-electron chi connectivity index (χ3n) is 8.92. The Morgan fingerprint density at radius 3 is 1.43 bits per heavy atom. The van der Waals surface area contributed by atoms with Gasteiger partial charge in [-0.15, -0.1) is 12.6 Å². The van der Waals surface area contributed by atoms with Gasteiger partial charge in [-0.1, -0.05) is 140 Å². The van der Waals surface area contributed by atoms with Gasteiger partial charge in [-0.25, -0.2) is 0 Å². The molecule has 1 aliphatic carbocycles. The molecule has 0 N–H and O–H groups in total. The van der Waals surface area contributed by atoms with E-state index in [1.165, 1.54) is 77.9 Å². The summed E-state index contributed by atoms with van der Waals surface area (Å²) in [5, 5.41) is 0. The molecule has 0 nitrogen and oxygen atoms in total. The van der Waals surface area contributed by atoms with Crippen LogP contribution in [-0.4, -0.2) is 0 Å². The summed E-state index contributed by atoms with van der Waals surface area (Å²) in [6.07, 6.45) is 0. The van der Waals surface area contributed by atoms with Gasteiger partial charge in [0.1, 0.15) is 0 Å². The zero-order valence-corrected chi connectivity index (χ0v) is 25.4. The topological polar surface area (TPSA) is 0 Å². The third kappa shape index (κ3) is 4.40. The van der Waals surface area contributed by atoms with Gasteiger partial charge < -0.3 is 0 Å². The van der Waals surface area contributed by atoms with Crippen molar-refractivity contribution < 1.29 is 0 Å². The van der Waals surface area contributed by atoms with Crippen molar-refractivity contribution in [2.75, 3.05) is 0 Å². The molecular weight excluding hydrogens is 549 g/mol. The number of hydrogen-bond acceptors (Lipinski definition) is 1. The van der Waals surface area contributed by atoms with E-state index in [1.54, 1.807) is 0 Å². The van der Waals surface area contributed by atoms with Crippen molar-refractivity contribution in [3.63, 3.8) is 0 Å². The van der Waals surface area contributed by atoms with Gasteiger partial charge in [-0.3, -0.25) is 0 Å². The number of fused-ring (bicyclic) bond motifs is 8. The molecule has 0 aromatic heterocycles. The van der Waals surface area contributed by atoms with Crippen LogP contribution < -0.4 is 0 Å². The zero-order valence-electron chi connectivity index (χ0n) is 24.5. The van der Waals surface area contributed by atoms with Gasteiger partial charge in [0.15, 0.2) is 0 Å². The predicted octanol–water partition coefficient (Wildman–Crippen LogP) is 12.3. The highest BCUT2D eigenvalue weighted by molar-refractivity contribution is 7.80. The van der Waals surface area contributed by atoms with E-state index in [0.717, 1.165) is 10.5 Å². The fourth-order valence-corrected chi connectivity index (χ4v) is 7.09. The summed E-state index contributed by atoms with van der Waals surface area (Å²) in [4.78, 5) is 0.991. The van der Waals surface area contributed by atoms with Crippen molar-refractivity contribution in [2.45, 2.75) is 11.8 Å². The van der Waals surface area contributed by atoms with E-state index < -0.39 is 0 Å². The maximum atomic E-state index is 4.77. The lowest BCUT2D eigenvalue weighted by Crippen LogP contribution is -1.98. The van der Waals surface area contributed by atoms with E-state index in [0.29, 0.717) is 0 Å². The standard InChI is InChI=1S/C43H30S/c1-28-24-25-30(27-41(28)38-19-8-9-23-42(38)44)29-12-10-13-31(26-29)32-21-11-22-40-37-17-5-4-16-35(37)33-14-2-3-15-34(33)36-18-6-7-20-39(36)43(32)40/h2-27,44H,1H3. The molecule has 0 unspecified atom stereocenters. The first-order valence-electron chi connectivity index (χ1n) is 15.1. The molecule has 0 aliphatic heterocycles. The van der Waals surface area contributed by atoms with Crippen LogP contribution in [0.2, 0.25) is 0 Å². The highest BCUT2D eigenvalue weighted by Gasteiger charge is 2.23. The monoisotopic (exact) mass is 578 g/mol. The van der Waals surface area contributed by atoms with E-state index in [9.17, 15) is 0 Å². The Bertz CT molecular complexity index is 2200. The van der Waals surface area contributed by atoms with Gasteiger partial charge in [0.05, 0.1) is 0 Å². The Labute approximate surface area is 264 Å². The molecule has 8 rings (SSSR count). The molecule has 0 atom stereocenters. The largest absolute Gasteiger partial charge is 0.143 e. The summed E-state index contributed by atoms with van der Waals surface area (Å²) in [5.41, 5.74) is 18.6. The second-order valence-corrected chi connectivity index (χ2v) is 12.0. The number of hydrogen-bond donors (Lipinski definition) is 1. The van der Waals surface area contributed by atoms with Gasteiger partial charge in [0.2, 0.25) is 0 Å². The van der Waals surface area contributed by atoms with Crippen LogP contribution in [0.1, 0.15) is 5.56 Å². The van der Waals surface area contributed by atoms with Crippen LogP contribution in [0.15, 0.2) is 163 Å². The molecule has 0 spiro atoms. The van der Waals surface area contributed by atoms with Crippen LogP contribution in [0, 0.1) is 6.92 Å². The lowest BCUT2D eigenvalue weighted by atomic mass is 9.78. The molecule has 0 amide bonds. The molecule has 0 fully saturated rings. The minimum atomic E-state index is 0.991. The maximum Gasteiger partial charge on any atom is 0.0119 e. The number of benzene rings is 7. The van der Waals surface area contributed by atoms with Gasteiger partial charge >= 0.3 is 0 Å². The molecule has 0 saturated carbocycles. The van der Waals surface area contributed by atoms with E-state index in [4.69, 9.17) is 12.6 Å². The van der Waals surface area contributed by atoms with E-state index in [-0.39, 0.29) is 0 Å². The molecule has 0 saturated heterocycles. The molecule has 7 aromatic carbocycles. The van der Waals surface area contributed by atoms with Gasteiger partial charge in [0.25, 0.3) is 0 Å². The molecule has 0 radical (unpaired) electrons. The molecule has 208 valence electrons. The van der Waals surface area contributed by atoms with Crippen LogP contribution in [0.5, 0.6) is 0 Å². The normalized spacial score (nSPS) is 11.4. The Morgan fingerprint density at radius 1 is 0.318 bits per heavy atom. The smallest absolute Gasteiger partial charge is 0.0119 e. The molecule has 44 heavy (non-hydrogen) atoms. The average molecular weight is 579 g/mol. The van der Waals surface area contributed by atoms with E-state index in [2.05, 4.69) is 159 Å². The number of rotatable bonds is 3. The summed E-state index contributed by atoms with van der Waals surface area (Å²) < 4.78 is 0. The van der Waals surface area contributed by atoms with Crippen molar-refractivity contribution in [1.82, 2.24) is 0 Å². The molecule has 1 heteroatoms. The number of aryl methyl sites for hydroxylation is 1. The van der Waals surface area contributed by atoms with Crippen molar-refractivity contribution >= 4 is 12.6 Å². The van der Waals surface area contributed by atoms with Crippen molar-refractivity contribution in [2.24, 2.45) is 0 Å². The van der Waals surface area contributed by atoms with Crippen LogP contribution in [0.4, 0.5) is 0 Å². The van der Waals surface area contributed by atoms with Crippen LogP contribution in [0.25, 0.3) is 77.9 Å². The molecular formula is C43H30S. The van der Waals surface area contributed by atoms with Gasteiger partial charge in [-0.05, 0) is 109 Å². The summed E-state index contributed by atoms with van der Waals surface area (Å²) >= 11 is 4.77. The lowest BCUT2D eigenvalue weighted by Gasteiger charge is -2.25. The highest BCUT2D eigenvalue weighted by Crippen LogP contribution is 2.50. The Balaban J connectivity index is 1.35. The summed E-state index contributed by atoms with van der Waals surface area (Å²) in [6, 6.07) is 57.4. The van der Waals surface area contributed by atoms with Crippen molar-refractivity contribution in [3.8, 4) is 77.9 Å². The van der Waals surface area contributed by atoms with E-state index in [1.807, 2.05) is 6.07 Å². The number of thiol groups is 1. The van der Waals surface area contributed by atoms with E-state index >= 15 is 0 Å². The second kappa shape index (κ2) is 10.9. The highest BCUT2D eigenvalue weighted by atomic mass is 32.1. The van der Waals surface area contributed by atoms with Crippen molar-refractivity contribution in [1.29, 1.82) is 0 Å². The Morgan fingerprint density at radius 2 is 0.773 bits per heavy atom. The lowest BCUT2D eigenvalue weighted by molar-refractivity contribution is 1.40. The fourth-order valence-electron chi connectivity index (χ4n) is 6.81. The second-order valence-electron chi connectivity index (χ2n) is 11.5. The first kappa shape index (κ1) is 26.5. The maximum absolute atomic E-state index is 4.77. The van der Waals surface area contributed by atoms with Crippen LogP contribution in [-0.2, 0) is 0 Å². The summed E-state index contributed by atoms with van der Waals surface area (Å²) in [5.74, 6) is 0. The predicted molar refractivity (Wildman–Crippen MR) is 190 cm³/mol. The summed E-state index contributed by atoms with van der Waals surface area (Å²) in [6.45, 7) is 2.17. The molecule has 1 aliphatic rings. The molecule has 0 heterocycles. The first-order valence-corrected chi connectivity index (χ1v) is 15.5. The van der Waals surface area contributed by atoms with Crippen LogP contribution >= 0.6 is 12.6 Å². The van der Waals surface area contributed by atoms with Gasteiger partial charge in [-0.2, -0.15) is 0 Å². The summed E-state index contributed by atoms with van der Waals surface area (Å²) in [7, 11) is 0. The fraction of sp³-hybridized carbons (Fsp3) is 0.0233. The molecule has 0 bridgehead atoms. The Hall–Kier alpha value is -5.11. The Kier molecular flexibility index (Phi) is 6.55. The van der Waals surface area contributed by atoms with Crippen LogP contribution in [0.3, 0.4) is 0 Å². The minimum Gasteiger partial charge on any atom is -0.143 e. The SMILES string of the molecule is Cc1ccc(-c2cccc(-c3cccc4c3-c3ccccc3-c3ccccc3-c3ccccc3-4)c2)cc1-c1ccccc1S.